The van der Waals surface area contributed by atoms with E-state index >= 15 is 0 Å². The van der Waals surface area contributed by atoms with Gasteiger partial charge in [0.2, 0.25) is 0 Å². The molecule has 0 radical (unpaired) electrons. The fraction of sp³-hybridized carbons (Fsp3) is 0.571. The van der Waals surface area contributed by atoms with Crippen LogP contribution >= 0.6 is 0 Å². The van der Waals surface area contributed by atoms with Gasteiger partial charge in [-0.2, -0.15) is 0 Å². The summed E-state index contributed by atoms with van der Waals surface area (Å²) in [6.07, 6.45) is 3.49. The topological polar surface area (TPSA) is 28.4 Å². The maximum atomic E-state index is 5.80. The Morgan fingerprint density at radius 2 is 2.24 bits per heavy atom. The third-order valence-corrected chi connectivity index (χ3v) is 3.23. The van der Waals surface area contributed by atoms with Crippen LogP contribution in [-0.4, -0.2) is 25.0 Å². The summed E-state index contributed by atoms with van der Waals surface area (Å²) in [5.41, 5.74) is 2.74. The highest BCUT2D eigenvalue weighted by Crippen LogP contribution is 2.18. The van der Waals surface area contributed by atoms with Crippen molar-refractivity contribution >= 4 is 0 Å². The molecule has 17 heavy (non-hydrogen) atoms. The number of hydrogen-bond acceptors (Lipinski definition) is 3. The molecular weight excluding hydrogens is 212 g/mol. The summed E-state index contributed by atoms with van der Waals surface area (Å²) in [5, 5.41) is 3.17. The minimum atomic E-state index is 0.883. The fourth-order valence-corrected chi connectivity index (χ4v) is 2.38. The van der Waals surface area contributed by atoms with E-state index in [4.69, 9.17) is 4.42 Å². The van der Waals surface area contributed by atoms with Crippen molar-refractivity contribution in [3.8, 4) is 0 Å². The predicted molar refractivity (Wildman–Crippen MR) is 69.9 cm³/mol. The van der Waals surface area contributed by atoms with Gasteiger partial charge >= 0.3 is 0 Å². The number of rotatable bonds is 4. The molecule has 3 heteroatoms. The molecule has 0 amide bonds. The van der Waals surface area contributed by atoms with Gasteiger partial charge in [-0.15, -0.1) is 0 Å². The molecule has 1 aromatic rings. The molecule has 3 nitrogen and oxygen atoms in total. The second-order valence-electron chi connectivity index (χ2n) is 4.87. The van der Waals surface area contributed by atoms with Crippen LogP contribution in [0.4, 0.5) is 0 Å². The van der Waals surface area contributed by atoms with Gasteiger partial charge in [-0.3, -0.25) is 4.90 Å². The number of nitrogens with zero attached hydrogens (tertiary/aromatic N) is 1. The molecule has 0 spiro atoms. The first kappa shape index (κ1) is 12.4. The molecule has 0 saturated carbocycles. The van der Waals surface area contributed by atoms with E-state index in [9.17, 15) is 0 Å². The molecule has 1 aromatic heterocycles. The Labute approximate surface area is 103 Å². The van der Waals surface area contributed by atoms with Crippen molar-refractivity contribution in [2.24, 2.45) is 0 Å². The zero-order chi connectivity index (χ0) is 12.3. The summed E-state index contributed by atoms with van der Waals surface area (Å²) < 4.78 is 5.80. The van der Waals surface area contributed by atoms with Crippen LogP contribution in [0.5, 0.6) is 0 Å². The molecule has 2 heterocycles. The van der Waals surface area contributed by atoms with Crippen LogP contribution in [0.15, 0.2) is 22.1 Å². The normalized spacial score (nSPS) is 17.2. The van der Waals surface area contributed by atoms with E-state index in [0.717, 1.165) is 44.1 Å². The van der Waals surface area contributed by atoms with Gasteiger partial charge in [0.1, 0.15) is 11.5 Å². The van der Waals surface area contributed by atoms with Gasteiger partial charge in [-0.05, 0) is 33.4 Å². The SMILES string of the molecule is CNCc1cc(CN2CCC=C(C)C2)oc1C. The third-order valence-electron chi connectivity index (χ3n) is 3.23. The number of aryl methyl sites for hydroxylation is 1. The second-order valence-corrected chi connectivity index (χ2v) is 4.87. The average molecular weight is 234 g/mol. The molecule has 0 fully saturated rings. The monoisotopic (exact) mass is 234 g/mol. The second kappa shape index (κ2) is 5.52. The summed E-state index contributed by atoms with van der Waals surface area (Å²) in [5.74, 6) is 2.13. The number of furan rings is 1. The third kappa shape index (κ3) is 3.20. The Hall–Kier alpha value is -1.06. The predicted octanol–water partition coefficient (Wildman–Crippen LogP) is 2.46. The Morgan fingerprint density at radius 3 is 2.94 bits per heavy atom. The van der Waals surface area contributed by atoms with Crippen LogP contribution in [0.25, 0.3) is 0 Å². The van der Waals surface area contributed by atoms with Crippen LogP contribution in [0.3, 0.4) is 0 Å². The van der Waals surface area contributed by atoms with Crippen molar-refractivity contribution in [3.63, 3.8) is 0 Å². The molecule has 1 aliphatic heterocycles. The smallest absolute Gasteiger partial charge is 0.118 e. The molecule has 0 aliphatic carbocycles. The van der Waals surface area contributed by atoms with Gasteiger partial charge in [-0.25, -0.2) is 0 Å². The average Bonchev–Trinajstić information content (AvgIpc) is 2.60. The van der Waals surface area contributed by atoms with Gasteiger partial charge in [0.15, 0.2) is 0 Å². The summed E-state index contributed by atoms with van der Waals surface area (Å²) in [4.78, 5) is 2.44. The maximum Gasteiger partial charge on any atom is 0.118 e. The Bertz CT molecular complexity index is 406. The number of hydrogen-bond donors (Lipinski definition) is 1. The van der Waals surface area contributed by atoms with E-state index in [-0.39, 0.29) is 0 Å². The molecular formula is C14H22N2O. The Kier molecular flexibility index (Phi) is 4.02. The summed E-state index contributed by atoms with van der Waals surface area (Å²) >= 11 is 0. The van der Waals surface area contributed by atoms with E-state index in [2.05, 4.69) is 29.3 Å². The first-order chi connectivity index (χ1) is 8.19. The fourth-order valence-electron chi connectivity index (χ4n) is 2.38. The first-order valence-corrected chi connectivity index (χ1v) is 6.30. The van der Waals surface area contributed by atoms with Gasteiger partial charge in [0.05, 0.1) is 6.54 Å². The summed E-state index contributed by atoms with van der Waals surface area (Å²) in [7, 11) is 1.96. The van der Waals surface area contributed by atoms with Gasteiger partial charge in [0.25, 0.3) is 0 Å². The highest BCUT2D eigenvalue weighted by Gasteiger charge is 2.13. The van der Waals surface area contributed by atoms with Crippen molar-refractivity contribution < 1.29 is 4.42 Å². The van der Waals surface area contributed by atoms with Crippen molar-refractivity contribution in [2.75, 3.05) is 20.1 Å². The van der Waals surface area contributed by atoms with Gasteiger partial charge in [-0.1, -0.05) is 11.6 Å². The van der Waals surface area contributed by atoms with Crippen molar-refractivity contribution in [2.45, 2.75) is 33.4 Å². The van der Waals surface area contributed by atoms with Crippen LogP contribution in [0, 0.1) is 6.92 Å². The summed E-state index contributed by atoms with van der Waals surface area (Å²) in [6.45, 7) is 8.26. The first-order valence-electron chi connectivity index (χ1n) is 6.30. The molecule has 1 aliphatic rings. The Morgan fingerprint density at radius 1 is 1.41 bits per heavy atom. The Balaban J connectivity index is 1.99. The lowest BCUT2D eigenvalue weighted by Gasteiger charge is -2.24. The largest absolute Gasteiger partial charge is 0.465 e. The van der Waals surface area contributed by atoms with Gasteiger partial charge < -0.3 is 9.73 Å². The molecule has 0 aromatic carbocycles. The van der Waals surface area contributed by atoms with Crippen LogP contribution < -0.4 is 5.32 Å². The molecule has 0 saturated heterocycles. The van der Waals surface area contributed by atoms with Crippen molar-refractivity contribution in [1.29, 1.82) is 0 Å². The highest BCUT2D eigenvalue weighted by atomic mass is 16.3. The van der Waals surface area contributed by atoms with E-state index in [1.54, 1.807) is 0 Å². The lowest BCUT2D eigenvalue weighted by Crippen LogP contribution is -2.28. The summed E-state index contributed by atoms with van der Waals surface area (Å²) in [6, 6.07) is 2.18. The van der Waals surface area contributed by atoms with Gasteiger partial charge in [0, 0.05) is 25.2 Å². The van der Waals surface area contributed by atoms with E-state index in [1.165, 1.54) is 11.1 Å². The lowest BCUT2D eigenvalue weighted by atomic mass is 10.1. The molecule has 1 N–H and O–H groups in total. The lowest BCUT2D eigenvalue weighted by molar-refractivity contribution is 0.256. The van der Waals surface area contributed by atoms with Crippen LogP contribution in [0.1, 0.15) is 30.4 Å². The molecule has 94 valence electrons. The standard InChI is InChI=1S/C14H22N2O/c1-11-5-4-6-16(9-11)10-14-7-13(8-15-3)12(2)17-14/h5,7,15H,4,6,8-10H2,1-3H3. The van der Waals surface area contributed by atoms with E-state index < -0.39 is 0 Å². The van der Waals surface area contributed by atoms with Crippen LogP contribution in [0.2, 0.25) is 0 Å². The zero-order valence-electron chi connectivity index (χ0n) is 11.0. The molecule has 0 atom stereocenters. The maximum absolute atomic E-state index is 5.80. The minimum Gasteiger partial charge on any atom is -0.465 e. The zero-order valence-corrected chi connectivity index (χ0v) is 11.0. The van der Waals surface area contributed by atoms with Crippen molar-refractivity contribution in [3.05, 3.63) is 34.8 Å². The molecule has 0 unspecified atom stereocenters. The molecule has 0 bridgehead atoms. The van der Waals surface area contributed by atoms with Crippen molar-refractivity contribution in [1.82, 2.24) is 10.2 Å². The van der Waals surface area contributed by atoms with E-state index in [1.807, 2.05) is 14.0 Å². The quantitative estimate of drug-likeness (QED) is 0.811. The van der Waals surface area contributed by atoms with Crippen LogP contribution in [-0.2, 0) is 13.1 Å². The highest BCUT2D eigenvalue weighted by molar-refractivity contribution is 5.21. The minimum absolute atomic E-state index is 0.883. The number of nitrogens with one attached hydrogen (secondary N) is 1. The van der Waals surface area contributed by atoms with E-state index in [0.29, 0.717) is 0 Å². The molecule has 2 rings (SSSR count).